The largest absolute Gasteiger partial charge is 0.462 e. The van der Waals surface area contributed by atoms with Gasteiger partial charge in [-0.15, -0.1) is 0 Å². The van der Waals surface area contributed by atoms with Crippen LogP contribution < -0.4 is 0 Å². The lowest BCUT2D eigenvalue weighted by Gasteiger charge is -2.23. The topological polar surface area (TPSA) is 190 Å². The van der Waals surface area contributed by atoms with E-state index in [-0.39, 0.29) is 63.1 Å². The molecule has 4 aliphatic carbocycles. The van der Waals surface area contributed by atoms with Crippen LogP contribution in [0, 0.1) is 23.7 Å². The molecule has 4 aliphatic rings. The number of rotatable bonds is 36. The van der Waals surface area contributed by atoms with E-state index in [2.05, 4.69) is 0 Å². The molecule has 0 spiro atoms. The number of nitrogens with zero attached hydrogens (tertiary/aromatic N) is 1. The molecule has 4 rings (SSSR count). The fourth-order valence-corrected chi connectivity index (χ4v) is 11.0. The van der Waals surface area contributed by atoms with E-state index in [1.54, 1.807) is 0 Å². The molecule has 0 amide bonds. The lowest BCUT2D eigenvalue weighted by molar-refractivity contribution is -0.168. The maximum absolute atomic E-state index is 13.3. The number of carbonyl (C=O) groups is 6. The summed E-state index contributed by atoms with van der Waals surface area (Å²) in [6, 6.07) is 0. The average Bonchev–Trinajstić information content (AvgIpc) is 3.38. The van der Waals surface area contributed by atoms with Crippen LogP contribution in [0.3, 0.4) is 0 Å². The first-order valence-electron chi connectivity index (χ1n) is 28.9. The second-order valence-corrected chi connectivity index (χ2v) is 22.1. The second kappa shape index (κ2) is 37.4. The quantitative estimate of drug-likeness (QED) is 0.0354. The monoisotopic (exact) mass is 1020 g/mol. The van der Waals surface area contributed by atoms with Crippen LogP contribution in [0.2, 0.25) is 0 Å². The molecule has 0 aromatic heterocycles. The summed E-state index contributed by atoms with van der Waals surface area (Å²) in [6.07, 6.45) is 26.7. The zero-order valence-electron chi connectivity index (χ0n) is 44.8. The Morgan fingerprint density at radius 1 is 0.403 bits per heavy atom. The van der Waals surface area contributed by atoms with Crippen molar-refractivity contribution in [1.29, 1.82) is 0 Å². The van der Waals surface area contributed by atoms with Gasteiger partial charge in [0.15, 0.2) is 18.5 Å². The maximum Gasteiger partial charge on any atom is 0.306 e. The third-order valence-corrected chi connectivity index (χ3v) is 15.5. The maximum atomic E-state index is 13.3. The molecular weight excluding hydrogens is 923 g/mol. The van der Waals surface area contributed by atoms with Gasteiger partial charge in [-0.1, -0.05) is 128 Å². The fourth-order valence-electron chi connectivity index (χ4n) is 11.0. The highest BCUT2D eigenvalue weighted by atomic mass is 16.6. The molecule has 0 aromatic carbocycles. The molecule has 0 aromatic rings. The van der Waals surface area contributed by atoms with Crippen molar-refractivity contribution in [3.05, 3.63) is 0 Å². The van der Waals surface area contributed by atoms with Gasteiger partial charge in [-0.3, -0.25) is 28.8 Å². The van der Waals surface area contributed by atoms with Crippen molar-refractivity contribution in [3.8, 4) is 0 Å². The minimum atomic E-state index is -1.05. The number of aliphatic hydroxyl groups is 1. The predicted octanol–water partition coefficient (Wildman–Crippen LogP) is 10.8. The molecule has 414 valence electrons. The molecule has 4 fully saturated rings. The van der Waals surface area contributed by atoms with Gasteiger partial charge >= 0.3 is 35.8 Å². The molecule has 1 unspecified atom stereocenters. The molecule has 1 atom stereocenters. The minimum Gasteiger partial charge on any atom is -0.462 e. The van der Waals surface area contributed by atoms with E-state index in [9.17, 15) is 33.9 Å². The van der Waals surface area contributed by atoms with Gasteiger partial charge in [0.1, 0.15) is 26.4 Å². The van der Waals surface area contributed by atoms with Crippen LogP contribution in [0.1, 0.15) is 231 Å². The molecule has 0 heterocycles. The highest BCUT2D eigenvalue weighted by molar-refractivity contribution is 5.72. The fraction of sp³-hybridized carbons (Fsp3) is 0.895. The van der Waals surface area contributed by atoms with E-state index in [0.29, 0.717) is 87.9 Å². The van der Waals surface area contributed by atoms with Gasteiger partial charge in [0, 0.05) is 38.5 Å². The molecule has 0 saturated heterocycles. The highest BCUT2D eigenvalue weighted by Crippen LogP contribution is 2.30. The van der Waals surface area contributed by atoms with Crippen LogP contribution >= 0.6 is 0 Å². The Balaban J connectivity index is 1.27. The van der Waals surface area contributed by atoms with E-state index >= 15 is 0 Å². The lowest BCUT2D eigenvalue weighted by atomic mass is 9.86. The smallest absolute Gasteiger partial charge is 0.306 e. The molecule has 72 heavy (non-hydrogen) atoms. The van der Waals surface area contributed by atoms with Crippen molar-refractivity contribution < 1.29 is 67.0 Å². The highest BCUT2D eigenvalue weighted by Gasteiger charge is 2.26. The summed E-state index contributed by atoms with van der Waals surface area (Å²) >= 11 is 0. The van der Waals surface area contributed by atoms with E-state index in [0.717, 1.165) is 83.6 Å². The van der Waals surface area contributed by atoms with Gasteiger partial charge in [0.2, 0.25) is 0 Å². The SMILES string of the molecule is CN(C)CCCC(O)OC(CCCC(=O)OC(COC(=O)CCC1CCCCC1)COC(=O)CCC1CCCCC1)CCCC(=O)OC(COC(=O)CCC1CCCCC1)COC(=O)CCC1CCCCC1. The Hall–Kier alpha value is -3.30. The minimum absolute atomic E-state index is 0.000806. The zero-order chi connectivity index (χ0) is 51.6. The summed E-state index contributed by atoms with van der Waals surface area (Å²) < 4.78 is 39.9. The van der Waals surface area contributed by atoms with Gasteiger partial charge in [0.05, 0.1) is 6.10 Å². The summed E-state index contributed by atoms with van der Waals surface area (Å²) in [5.74, 6) is -0.451. The average molecular weight is 1020 g/mol. The van der Waals surface area contributed by atoms with E-state index in [4.69, 9.17) is 33.2 Å². The number of aliphatic hydroxyl groups excluding tert-OH is 1. The van der Waals surface area contributed by atoms with Gasteiger partial charge in [-0.2, -0.15) is 0 Å². The number of hydrogen-bond donors (Lipinski definition) is 1. The van der Waals surface area contributed by atoms with E-state index in [1.165, 1.54) is 77.0 Å². The zero-order valence-corrected chi connectivity index (χ0v) is 44.8. The normalized spacial score (nSPS) is 18.0. The Labute approximate surface area is 432 Å². The lowest BCUT2D eigenvalue weighted by Crippen LogP contribution is -2.31. The predicted molar refractivity (Wildman–Crippen MR) is 273 cm³/mol. The molecule has 15 heteroatoms. The Kier molecular flexibility index (Phi) is 31.8. The van der Waals surface area contributed by atoms with Gasteiger partial charge in [0.25, 0.3) is 0 Å². The van der Waals surface area contributed by atoms with Crippen LogP contribution in [-0.2, 0) is 61.9 Å². The van der Waals surface area contributed by atoms with Crippen LogP contribution in [0.25, 0.3) is 0 Å². The van der Waals surface area contributed by atoms with Gasteiger partial charge in [-0.25, -0.2) is 0 Å². The summed E-state index contributed by atoms with van der Waals surface area (Å²) in [6.45, 7) is -0.0723. The van der Waals surface area contributed by atoms with Crippen LogP contribution in [0.5, 0.6) is 0 Å². The molecule has 4 saturated carbocycles. The van der Waals surface area contributed by atoms with Crippen LogP contribution in [0.4, 0.5) is 0 Å². The number of carbonyl (C=O) groups excluding carboxylic acids is 6. The third kappa shape index (κ3) is 29.6. The Morgan fingerprint density at radius 2 is 0.708 bits per heavy atom. The molecule has 0 aliphatic heterocycles. The first-order valence-corrected chi connectivity index (χ1v) is 28.9. The van der Waals surface area contributed by atoms with E-state index < -0.39 is 36.5 Å². The van der Waals surface area contributed by atoms with Gasteiger partial charge in [-0.05, 0) is 109 Å². The molecular formula is C57H97NO14. The van der Waals surface area contributed by atoms with E-state index in [1.807, 2.05) is 19.0 Å². The summed E-state index contributed by atoms with van der Waals surface area (Å²) in [7, 11) is 3.91. The summed E-state index contributed by atoms with van der Waals surface area (Å²) in [5.41, 5.74) is 0. The third-order valence-electron chi connectivity index (χ3n) is 15.5. The second-order valence-electron chi connectivity index (χ2n) is 22.1. The molecule has 1 N–H and O–H groups in total. The van der Waals surface area contributed by atoms with Crippen molar-refractivity contribution in [2.24, 2.45) is 23.7 Å². The first kappa shape index (κ1) is 61.2. The van der Waals surface area contributed by atoms with Crippen molar-refractivity contribution in [3.63, 3.8) is 0 Å². The van der Waals surface area contributed by atoms with Crippen molar-refractivity contribution in [1.82, 2.24) is 4.90 Å². The summed E-state index contributed by atoms with van der Waals surface area (Å²) in [5, 5.41) is 10.9. The molecule has 0 bridgehead atoms. The Morgan fingerprint density at radius 3 is 1.00 bits per heavy atom. The van der Waals surface area contributed by atoms with Gasteiger partial charge < -0.3 is 43.2 Å². The van der Waals surface area contributed by atoms with Crippen molar-refractivity contribution >= 4 is 35.8 Å². The number of esters is 6. The Bertz CT molecular complexity index is 1340. The first-order chi connectivity index (χ1) is 34.9. The van der Waals surface area contributed by atoms with Crippen LogP contribution in [0.15, 0.2) is 0 Å². The molecule has 15 nitrogen and oxygen atoms in total. The molecule has 0 radical (unpaired) electrons. The van der Waals surface area contributed by atoms with Crippen molar-refractivity contribution in [2.45, 2.75) is 256 Å². The number of ether oxygens (including phenoxy) is 7. The summed E-state index contributed by atoms with van der Waals surface area (Å²) in [4.78, 5) is 79.8. The van der Waals surface area contributed by atoms with Crippen LogP contribution in [-0.4, -0.2) is 117 Å². The standard InChI is InChI=1S/C57H97NO14/c1-58(2)39-17-30-57(65)70-48(26-15-28-55(63)71-49(40-66-51(59)35-31-44-18-7-3-8-19-44)41-67-52(60)36-32-45-20-9-4-10-21-45)27-16-29-56(64)72-50(42-68-53(61)37-33-46-22-11-5-12-23-46)43-69-54(62)38-34-47-24-13-6-14-25-47/h44-50,57,65H,3-43H2,1-2H3. The number of hydrogen-bond acceptors (Lipinski definition) is 15. The van der Waals surface area contributed by atoms with Crippen molar-refractivity contribution in [2.75, 3.05) is 47.1 Å².